The molecule has 86 valence electrons. The van der Waals surface area contributed by atoms with E-state index >= 15 is 0 Å². The molecule has 0 atom stereocenters. The largest absolute Gasteiger partial charge is 0.392 e. The number of fused-ring (bicyclic) bond motifs is 3. The van der Waals surface area contributed by atoms with Crippen LogP contribution < -0.4 is 0 Å². The maximum Gasteiger partial charge on any atom is 0.0717 e. The number of hydrogen-bond acceptors (Lipinski definition) is 2. The molecule has 1 aromatic carbocycles. The van der Waals surface area contributed by atoms with Crippen molar-refractivity contribution in [2.24, 2.45) is 12.0 Å². The molecule has 0 radical (unpaired) electrons. The summed E-state index contributed by atoms with van der Waals surface area (Å²) in [6.07, 6.45) is 4.47. The number of aliphatic imine (C=N–C) groups is 1. The normalized spacial score (nSPS) is 14.6. The third-order valence-electron chi connectivity index (χ3n) is 3.32. The van der Waals surface area contributed by atoms with Crippen molar-refractivity contribution in [3.8, 4) is 0 Å². The average Bonchev–Trinajstić information content (AvgIpc) is 2.55. The third kappa shape index (κ3) is 1.43. The van der Waals surface area contributed by atoms with E-state index in [9.17, 15) is 5.11 Å². The van der Waals surface area contributed by atoms with Gasteiger partial charge < -0.3 is 9.67 Å². The van der Waals surface area contributed by atoms with Gasteiger partial charge in [-0.3, -0.25) is 4.99 Å². The average molecular weight is 226 g/mol. The van der Waals surface area contributed by atoms with Crippen LogP contribution in [0, 0.1) is 0 Å². The Morgan fingerprint density at radius 1 is 1.35 bits per heavy atom. The number of rotatable bonds is 1. The second kappa shape index (κ2) is 3.86. The summed E-state index contributed by atoms with van der Waals surface area (Å²) in [5, 5.41) is 10.7. The van der Waals surface area contributed by atoms with E-state index in [-0.39, 0.29) is 6.61 Å². The molecular weight excluding hydrogens is 212 g/mol. The Balaban J connectivity index is 2.40. The van der Waals surface area contributed by atoms with Crippen LogP contribution in [0.1, 0.15) is 11.3 Å². The molecule has 17 heavy (non-hydrogen) atoms. The van der Waals surface area contributed by atoms with Crippen LogP contribution in [0.4, 0.5) is 0 Å². The SMILES string of the molecule is Cn1c2c(c3ccccc31)CC=NC=C2CO. The monoisotopic (exact) mass is 226 g/mol. The van der Waals surface area contributed by atoms with Gasteiger partial charge in [-0.15, -0.1) is 0 Å². The van der Waals surface area contributed by atoms with E-state index in [0.717, 1.165) is 17.7 Å². The molecule has 0 fully saturated rings. The molecule has 0 bridgehead atoms. The van der Waals surface area contributed by atoms with E-state index < -0.39 is 0 Å². The zero-order valence-electron chi connectivity index (χ0n) is 9.72. The fourth-order valence-corrected chi connectivity index (χ4v) is 2.55. The zero-order valence-corrected chi connectivity index (χ0v) is 9.72. The van der Waals surface area contributed by atoms with Crippen molar-refractivity contribution >= 4 is 22.7 Å². The molecule has 1 aromatic heterocycles. The van der Waals surface area contributed by atoms with Crippen molar-refractivity contribution in [2.75, 3.05) is 6.61 Å². The highest BCUT2D eigenvalue weighted by Crippen LogP contribution is 2.31. The van der Waals surface area contributed by atoms with Crippen LogP contribution in [0.15, 0.2) is 35.5 Å². The molecular formula is C14H14N2O. The lowest BCUT2D eigenvalue weighted by Gasteiger charge is -2.06. The topological polar surface area (TPSA) is 37.5 Å². The van der Waals surface area contributed by atoms with Crippen molar-refractivity contribution < 1.29 is 5.11 Å². The molecule has 1 N–H and O–H groups in total. The maximum atomic E-state index is 9.46. The van der Waals surface area contributed by atoms with Crippen LogP contribution in [-0.4, -0.2) is 22.5 Å². The van der Waals surface area contributed by atoms with Crippen LogP contribution in [0.5, 0.6) is 0 Å². The Labute approximate surface area is 99.7 Å². The van der Waals surface area contributed by atoms with Crippen molar-refractivity contribution in [1.82, 2.24) is 4.57 Å². The first-order valence-electron chi connectivity index (χ1n) is 5.71. The first-order valence-corrected chi connectivity index (χ1v) is 5.71. The number of aliphatic hydroxyl groups excluding tert-OH is 1. The highest BCUT2D eigenvalue weighted by atomic mass is 16.3. The first kappa shape index (κ1) is 10.3. The van der Waals surface area contributed by atoms with Crippen molar-refractivity contribution in [1.29, 1.82) is 0 Å². The second-order valence-electron chi connectivity index (χ2n) is 4.25. The summed E-state index contributed by atoms with van der Waals surface area (Å²) >= 11 is 0. The Kier molecular flexibility index (Phi) is 2.34. The van der Waals surface area contributed by atoms with Crippen LogP contribution in [0.2, 0.25) is 0 Å². The molecule has 0 saturated heterocycles. The Hall–Kier alpha value is -1.87. The first-order chi connectivity index (χ1) is 8.33. The van der Waals surface area contributed by atoms with Gasteiger partial charge in [-0.05, 0) is 11.6 Å². The van der Waals surface area contributed by atoms with Gasteiger partial charge in [-0.1, -0.05) is 18.2 Å². The highest BCUT2D eigenvalue weighted by molar-refractivity contribution is 5.93. The van der Waals surface area contributed by atoms with E-state index in [1.54, 1.807) is 6.20 Å². The standard InChI is InChI=1S/C14H14N2O/c1-16-13-5-3-2-4-11(13)12-6-7-15-8-10(9-17)14(12)16/h2-5,7-8,17H,6,9H2,1H3. The van der Waals surface area contributed by atoms with E-state index in [1.807, 2.05) is 25.4 Å². The summed E-state index contributed by atoms with van der Waals surface area (Å²) < 4.78 is 2.14. The predicted octanol–water partition coefficient (Wildman–Crippen LogP) is 2.14. The van der Waals surface area contributed by atoms with Gasteiger partial charge >= 0.3 is 0 Å². The smallest absolute Gasteiger partial charge is 0.0717 e. The van der Waals surface area contributed by atoms with Crippen molar-refractivity contribution in [2.45, 2.75) is 6.42 Å². The van der Waals surface area contributed by atoms with Gasteiger partial charge in [0.25, 0.3) is 0 Å². The number of para-hydroxylation sites is 1. The van der Waals surface area contributed by atoms with Gasteiger partial charge in [0.15, 0.2) is 0 Å². The number of benzene rings is 1. The number of nitrogens with zero attached hydrogens (tertiary/aromatic N) is 2. The summed E-state index contributed by atoms with van der Waals surface area (Å²) in [6.45, 7) is 0.0223. The van der Waals surface area contributed by atoms with Gasteiger partial charge in [0, 0.05) is 42.4 Å². The molecule has 0 saturated carbocycles. The Morgan fingerprint density at radius 3 is 3.00 bits per heavy atom. The molecule has 3 rings (SSSR count). The van der Waals surface area contributed by atoms with Crippen molar-refractivity contribution in [3.05, 3.63) is 41.7 Å². The third-order valence-corrected chi connectivity index (χ3v) is 3.32. The lowest BCUT2D eigenvalue weighted by Crippen LogP contribution is -2.00. The fourth-order valence-electron chi connectivity index (χ4n) is 2.55. The number of aromatic nitrogens is 1. The maximum absolute atomic E-state index is 9.46. The molecule has 3 nitrogen and oxygen atoms in total. The molecule has 3 heteroatoms. The summed E-state index contributed by atoms with van der Waals surface area (Å²) in [6, 6.07) is 8.32. The lowest BCUT2D eigenvalue weighted by atomic mass is 10.0. The zero-order chi connectivity index (χ0) is 11.8. The van der Waals surface area contributed by atoms with Gasteiger partial charge in [0.2, 0.25) is 0 Å². The van der Waals surface area contributed by atoms with Crippen LogP contribution in [-0.2, 0) is 13.5 Å². The molecule has 0 aliphatic carbocycles. The Bertz CT molecular complexity index is 635. The van der Waals surface area contributed by atoms with Crippen LogP contribution in [0.3, 0.4) is 0 Å². The molecule has 2 aromatic rings. The summed E-state index contributed by atoms with van der Waals surface area (Å²) in [5.74, 6) is 0. The number of aliphatic hydroxyl groups is 1. The predicted molar refractivity (Wildman–Crippen MR) is 70.2 cm³/mol. The van der Waals surface area contributed by atoms with Gasteiger partial charge in [-0.25, -0.2) is 0 Å². The van der Waals surface area contributed by atoms with E-state index in [1.165, 1.54) is 16.5 Å². The van der Waals surface area contributed by atoms with Gasteiger partial charge in [-0.2, -0.15) is 0 Å². The number of hydrogen-bond donors (Lipinski definition) is 1. The summed E-state index contributed by atoms with van der Waals surface area (Å²) in [4.78, 5) is 4.20. The van der Waals surface area contributed by atoms with E-state index in [4.69, 9.17) is 0 Å². The van der Waals surface area contributed by atoms with Gasteiger partial charge in [0.1, 0.15) is 0 Å². The fraction of sp³-hybridized carbons (Fsp3) is 0.214. The minimum Gasteiger partial charge on any atom is -0.392 e. The van der Waals surface area contributed by atoms with Crippen LogP contribution in [0.25, 0.3) is 16.5 Å². The number of aryl methyl sites for hydroxylation is 1. The van der Waals surface area contributed by atoms with Crippen molar-refractivity contribution in [3.63, 3.8) is 0 Å². The summed E-state index contributed by atoms with van der Waals surface area (Å²) in [5.41, 5.74) is 4.44. The molecule has 1 aliphatic heterocycles. The second-order valence-corrected chi connectivity index (χ2v) is 4.25. The Morgan fingerprint density at radius 2 is 2.18 bits per heavy atom. The minimum atomic E-state index is 0.0223. The molecule has 0 amide bonds. The van der Waals surface area contributed by atoms with Crippen LogP contribution >= 0.6 is 0 Å². The lowest BCUT2D eigenvalue weighted by molar-refractivity contribution is 0.349. The van der Waals surface area contributed by atoms with E-state index in [0.29, 0.717) is 0 Å². The molecule has 0 spiro atoms. The highest BCUT2D eigenvalue weighted by Gasteiger charge is 2.18. The minimum absolute atomic E-state index is 0.0223. The molecule has 1 aliphatic rings. The quantitative estimate of drug-likeness (QED) is 0.794. The molecule has 0 unspecified atom stereocenters. The molecule has 2 heterocycles. The summed E-state index contributed by atoms with van der Waals surface area (Å²) in [7, 11) is 2.04. The van der Waals surface area contributed by atoms with Gasteiger partial charge in [0.05, 0.1) is 12.3 Å². The van der Waals surface area contributed by atoms with E-state index in [2.05, 4.69) is 21.7 Å².